The topological polar surface area (TPSA) is 49.4 Å². The van der Waals surface area contributed by atoms with E-state index < -0.39 is 6.04 Å². The van der Waals surface area contributed by atoms with Crippen molar-refractivity contribution in [2.75, 3.05) is 12.8 Å². The number of nitrogens with one attached hydrogen (secondary N) is 1. The number of amides is 2. The third-order valence-corrected chi connectivity index (χ3v) is 6.41. The zero-order chi connectivity index (χ0) is 22.1. The molecule has 0 fully saturated rings. The van der Waals surface area contributed by atoms with Crippen LogP contribution in [0.3, 0.4) is 0 Å². The zero-order valence-corrected chi connectivity index (χ0v) is 19.7. The number of hydrogen-bond acceptors (Lipinski definition) is 3. The van der Waals surface area contributed by atoms with Crippen molar-refractivity contribution in [1.82, 2.24) is 10.2 Å². The highest BCUT2D eigenvalue weighted by molar-refractivity contribution is 9.10. The van der Waals surface area contributed by atoms with Crippen molar-refractivity contribution in [2.45, 2.75) is 23.9 Å². The molecule has 1 unspecified atom stereocenters. The molecule has 6 heteroatoms. The average molecular weight is 497 g/mol. The molecule has 3 aromatic carbocycles. The predicted molar refractivity (Wildman–Crippen MR) is 130 cm³/mol. The monoisotopic (exact) mass is 496 g/mol. The Balaban J connectivity index is 1.86. The fourth-order valence-electron chi connectivity index (χ4n) is 3.25. The van der Waals surface area contributed by atoms with Gasteiger partial charge in [0.1, 0.15) is 6.04 Å². The van der Waals surface area contributed by atoms with Crippen LogP contribution in [-0.2, 0) is 22.6 Å². The highest BCUT2D eigenvalue weighted by Crippen LogP contribution is 2.21. The van der Waals surface area contributed by atoms with Gasteiger partial charge < -0.3 is 10.2 Å². The summed E-state index contributed by atoms with van der Waals surface area (Å²) < 4.78 is 0.973. The average Bonchev–Trinajstić information content (AvgIpc) is 2.81. The molecule has 0 aliphatic heterocycles. The van der Waals surface area contributed by atoms with Crippen molar-refractivity contribution >= 4 is 39.5 Å². The molecule has 0 saturated carbocycles. The van der Waals surface area contributed by atoms with Crippen LogP contribution in [0.25, 0.3) is 0 Å². The largest absolute Gasteiger partial charge is 0.357 e. The van der Waals surface area contributed by atoms with Gasteiger partial charge >= 0.3 is 0 Å². The maximum atomic E-state index is 13.4. The summed E-state index contributed by atoms with van der Waals surface area (Å²) >= 11 is 4.93. The minimum absolute atomic E-state index is 0.0682. The number of likely N-dealkylation sites (N-methyl/N-ethyl adjacent to an activating group) is 1. The van der Waals surface area contributed by atoms with Crippen molar-refractivity contribution < 1.29 is 9.59 Å². The Bertz CT molecular complexity index is 981. The van der Waals surface area contributed by atoms with Crippen LogP contribution in [0.1, 0.15) is 11.1 Å². The fourth-order valence-corrected chi connectivity index (χ4v) is 4.32. The van der Waals surface area contributed by atoms with E-state index in [1.165, 1.54) is 11.8 Å². The van der Waals surface area contributed by atoms with Crippen LogP contribution in [0.4, 0.5) is 0 Å². The Kier molecular flexibility index (Phi) is 8.74. The smallest absolute Gasteiger partial charge is 0.242 e. The predicted octanol–water partition coefficient (Wildman–Crippen LogP) is 4.93. The lowest BCUT2D eigenvalue weighted by Crippen LogP contribution is -2.50. The van der Waals surface area contributed by atoms with E-state index in [4.69, 9.17) is 0 Å². The molecule has 2 amide bonds. The Morgan fingerprint density at radius 2 is 1.52 bits per heavy atom. The van der Waals surface area contributed by atoms with Crippen LogP contribution in [0.5, 0.6) is 0 Å². The molecule has 0 heterocycles. The van der Waals surface area contributed by atoms with Gasteiger partial charge in [-0.15, -0.1) is 11.8 Å². The summed E-state index contributed by atoms with van der Waals surface area (Å²) in [4.78, 5) is 28.9. The van der Waals surface area contributed by atoms with Gasteiger partial charge in [0.05, 0.1) is 5.75 Å². The first-order valence-corrected chi connectivity index (χ1v) is 11.8. The second-order valence-electron chi connectivity index (χ2n) is 7.07. The number of benzene rings is 3. The zero-order valence-electron chi connectivity index (χ0n) is 17.3. The molecule has 0 aliphatic carbocycles. The van der Waals surface area contributed by atoms with E-state index >= 15 is 0 Å². The molecule has 1 atom stereocenters. The molecule has 3 rings (SSSR count). The first kappa shape index (κ1) is 23.1. The molecule has 0 aromatic heterocycles. The quantitative estimate of drug-likeness (QED) is 0.427. The number of rotatable bonds is 9. The van der Waals surface area contributed by atoms with E-state index in [1.807, 2.05) is 84.9 Å². The molecule has 4 nitrogen and oxygen atoms in total. The second-order valence-corrected chi connectivity index (χ2v) is 9.03. The van der Waals surface area contributed by atoms with Gasteiger partial charge in [-0.05, 0) is 35.4 Å². The summed E-state index contributed by atoms with van der Waals surface area (Å²) in [7, 11) is 1.61. The number of nitrogens with zero attached hydrogens (tertiary/aromatic N) is 1. The van der Waals surface area contributed by atoms with Crippen molar-refractivity contribution in [3.8, 4) is 0 Å². The molecule has 160 valence electrons. The highest BCUT2D eigenvalue weighted by Gasteiger charge is 2.29. The Morgan fingerprint density at radius 1 is 0.903 bits per heavy atom. The van der Waals surface area contributed by atoms with Gasteiger partial charge in [-0.25, -0.2) is 0 Å². The molecule has 0 radical (unpaired) electrons. The van der Waals surface area contributed by atoms with Crippen LogP contribution in [-0.4, -0.2) is 35.6 Å². The molecule has 0 aliphatic rings. The van der Waals surface area contributed by atoms with Crippen molar-refractivity contribution in [3.05, 3.63) is 101 Å². The first-order valence-electron chi connectivity index (χ1n) is 10.0. The summed E-state index contributed by atoms with van der Waals surface area (Å²) in [6, 6.07) is 26.9. The van der Waals surface area contributed by atoms with E-state index in [1.54, 1.807) is 11.9 Å². The van der Waals surface area contributed by atoms with E-state index in [0.29, 0.717) is 13.0 Å². The van der Waals surface area contributed by atoms with Gasteiger partial charge in [0.15, 0.2) is 0 Å². The van der Waals surface area contributed by atoms with Gasteiger partial charge in [0, 0.05) is 29.4 Å². The van der Waals surface area contributed by atoms with Crippen LogP contribution in [0.2, 0.25) is 0 Å². The molecule has 0 saturated heterocycles. The fraction of sp³-hybridized carbons (Fsp3) is 0.200. The normalized spacial score (nSPS) is 11.5. The maximum absolute atomic E-state index is 13.4. The minimum atomic E-state index is -0.597. The van der Waals surface area contributed by atoms with Crippen LogP contribution in [0, 0.1) is 0 Å². The molecular weight excluding hydrogens is 472 g/mol. The second kappa shape index (κ2) is 11.7. The van der Waals surface area contributed by atoms with Crippen molar-refractivity contribution in [2.24, 2.45) is 0 Å². The van der Waals surface area contributed by atoms with Gasteiger partial charge in [0.25, 0.3) is 0 Å². The van der Waals surface area contributed by atoms with E-state index in [2.05, 4.69) is 21.2 Å². The standard InChI is InChI=1S/C25H25BrN2O2S/c1-27-25(30)23(16-19-8-4-2-5-9-19)28(17-20-12-14-21(26)15-13-20)24(29)18-31-22-10-6-3-7-11-22/h2-15,23H,16-18H2,1H3,(H,27,30). The Labute approximate surface area is 196 Å². The van der Waals surface area contributed by atoms with Gasteiger partial charge in [0.2, 0.25) is 11.8 Å². The number of carbonyl (C=O) groups is 2. The number of hydrogen-bond donors (Lipinski definition) is 1. The molecular formula is C25H25BrN2O2S. The van der Waals surface area contributed by atoms with Crippen molar-refractivity contribution in [1.29, 1.82) is 0 Å². The molecule has 3 aromatic rings. The lowest BCUT2D eigenvalue weighted by molar-refractivity contribution is -0.139. The number of halogens is 1. The third-order valence-electron chi connectivity index (χ3n) is 4.89. The molecule has 31 heavy (non-hydrogen) atoms. The molecule has 0 spiro atoms. The Hall–Kier alpha value is -2.57. The van der Waals surface area contributed by atoms with E-state index in [0.717, 1.165) is 20.5 Å². The first-order chi connectivity index (χ1) is 15.1. The summed E-state index contributed by atoms with van der Waals surface area (Å²) in [5, 5.41) is 2.74. The van der Waals surface area contributed by atoms with Gasteiger partial charge in [-0.3, -0.25) is 9.59 Å². The minimum Gasteiger partial charge on any atom is -0.357 e. The molecule has 0 bridgehead atoms. The van der Waals surface area contributed by atoms with E-state index in [-0.39, 0.29) is 17.6 Å². The number of thioether (sulfide) groups is 1. The summed E-state index contributed by atoms with van der Waals surface area (Å²) in [6.07, 6.45) is 0.457. The highest BCUT2D eigenvalue weighted by atomic mass is 79.9. The number of carbonyl (C=O) groups excluding carboxylic acids is 2. The van der Waals surface area contributed by atoms with Crippen LogP contribution < -0.4 is 5.32 Å². The summed E-state index contributed by atoms with van der Waals surface area (Å²) in [6.45, 7) is 0.367. The van der Waals surface area contributed by atoms with Crippen LogP contribution >= 0.6 is 27.7 Å². The maximum Gasteiger partial charge on any atom is 0.242 e. The third kappa shape index (κ3) is 6.97. The van der Waals surface area contributed by atoms with Crippen LogP contribution in [0.15, 0.2) is 94.3 Å². The summed E-state index contributed by atoms with van der Waals surface area (Å²) in [5.41, 5.74) is 1.99. The SMILES string of the molecule is CNC(=O)C(Cc1ccccc1)N(Cc1ccc(Br)cc1)C(=O)CSc1ccccc1. The van der Waals surface area contributed by atoms with Gasteiger partial charge in [-0.1, -0.05) is 76.6 Å². The van der Waals surface area contributed by atoms with E-state index in [9.17, 15) is 9.59 Å². The van der Waals surface area contributed by atoms with Gasteiger partial charge in [-0.2, -0.15) is 0 Å². The lowest BCUT2D eigenvalue weighted by atomic mass is 10.0. The van der Waals surface area contributed by atoms with Crippen molar-refractivity contribution in [3.63, 3.8) is 0 Å². The lowest BCUT2D eigenvalue weighted by Gasteiger charge is -2.31. The summed E-state index contributed by atoms with van der Waals surface area (Å²) in [5.74, 6) is 0.0309. The Morgan fingerprint density at radius 3 is 2.13 bits per heavy atom. The molecule has 1 N–H and O–H groups in total.